The molecule has 0 aliphatic carbocycles. The molecule has 0 spiro atoms. The summed E-state index contributed by atoms with van der Waals surface area (Å²) in [7, 11) is 0. The Morgan fingerprint density at radius 1 is 1.75 bits per heavy atom. The van der Waals surface area contributed by atoms with Crippen molar-refractivity contribution < 1.29 is 0 Å². The minimum atomic E-state index is 0.500. The van der Waals surface area contributed by atoms with Crippen LogP contribution in [0.3, 0.4) is 0 Å². The highest BCUT2D eigenvalue weighted by atomic mass is 15.3. The highest BCUT2D eigenvalue weighted by Gasteiger charge is 2.22. The van der Waals surface area contributed by atoms with E-state index in [9.17, 15) is 0 Å². The fraction of sp³-hybridized carbons (Fsp3) is 0.833. The zero-order valence-electron chi connectivity index (χ0n) is 5.09. The molecule has 0 saturated carbocycles. The molecule has 2 nitrogen and oxygen atoms in total. The van der Waals surface area contributed by atoms with Gasteiger partial charge in [0.05, 0.1) is 12.5 Å². The van der Waals surface area contributed by atoms with Gasteiger partial charge in [0.1, 0.15) is 0 Å². The molecule has 1 heterocycles. The number of hydrogen-bond donors (Lipinski definition) is 0. The third-order valence-electron chi connectivity index (χ3n) is 1.49. The second kappa shape index (κ2) is 2.15. The summed E-state index contributed by atoms with van der Waals surface area (Å²) in [6.45, 7) is 4.49. The van der Waals surface area contributed by atoms with Crippen LogP contribution in [0.1, 0.15) is 13.3 Å². The van der Waals surface area contributed by atoms with Gasteiger partial charge >= 0.3 is 0 Å². The second-order valence-electron chi connectivity index (χ2n) is 2.25. The SMILES string of the molecule is C[C@@H](CC#N)N1CC1. The third-order valence-corrected chi connectivity index (χ3v) is 1.49. The van der Waals surface area contributed by atoms with Crippen molar-refractivity contribution in [3.05, 3.63) is 0 Å². The van der Waals surface area contributed by atoms with Crippen LogP contribution in [-0.4, -0.2) is 24.0 Å². The van der Waals surface area contributed by atoms with E-state index < -0.39 is 0 Å². The lowest BCUT2D eigenvalue weighted by atomic mass is 10.3. The first-order valence-electron chi connectivity index (χ1n) is 2.95. The van der Waals surface area contributed by atoms with E-state index in [1.807, 2.05) is 0 Å². The van der Waals surface area contributed by atoms with E-state index in [2.05, 4.69) is 17.9 Å². The number of nitriles is 1. The van der Waals surface area contributed by atoms with E-state index in [4.69, 9.17) is 5.26 Å². The molecule has 0 N–H and O–H groups in total. The summed E-state index contributed by atoms with van der Waals surface area (Å²) in [6, 6.07) is 2.65. The van der Waals surface area contributed by atoms with Crippen molar-refractivity contribution in [1.29, 1.82) is 5.26 Å². The Labute approximate surface area is 49.7 Å². The Morgan fingerprint density at radius 2 is 2.38 bits per heavy atom. The summed E-state index contributed by atoms with van der Waals surface area (Å²) >= 11 is 0. The zero-order chi connectivity index (χ0) is 5.98. The van der Waals surface area contributed by atoms with Gasteiger partial charge in [-0.3, -0.25) is 4.90 Å². The Morgan fingerprint density at radius 3 is 2.75 bits per heavy atom. The molecule has 2 heteroatoms. The van der Waals surface area contributed by atoms with Crippen LogP contribution in [0, 0.1) is 11.3 Å². The molecular weight excluding hydrogens is 100 g/mol. The van der Waals surface area contributed by atoms with Crippen LogP contribution in [-0.2, 0) is 0 Å². The van der Waals surface area contributed by atoms with Gasteiger partial charge in [-0.25, -0.2) is 0 Å². The van der Waals surface area contributed by atoms with Gasteiger partial charge in [0, 0.05) is 19.1 Å². The maximum absolute atomic E-state index is 8.24. The van der Waals surface area contributed by atoms with Crippen molar-refractivity contribution in [3.8, 4) is 6.07 Å². The van der Waals surface area contributed by atoms with E-state index in [0.717, 1.165) is 0 Å². The van der Waals surface area contributed by atoms with Crippen molar-refractivity contribution >= 4 is 0 Å². The third kappa shape index (κ3) is 1.21. The fourth-order valence-corrected chi connectivity index (χ4v) is 0.760. The first-order chi connectivity index (χ1) is 3.84. The van der Waals surface area contributed by atoms with Crippen LogP contribution < -0.4 is 0 Å². The molecule has 1 saturated heterocycles. The molecule has 0 amide bonds. The molecular formula is C6H10N2. The molecule has 1 aliphatic heterocycles. The highest BCUT2D eigenvalue weighted by Crippen LogP contribution is 2.11. The Hall–Kier alpha value is -0.550. The van der Waals surface area contributed by atoms with Gasteiger partial charge < -0.3 is 0 Å². The first-order valence-corrected chi connectivity index (χ1v) is 2.95. The normalized spacial score (nSPS) is 22.0. The Balaban J connectivity index is 2.15. The molecule has 0 bridgehead atoms. The molecule has 1 atom stereocenters. The minimum Gasteiger partial charge on any atom is -0.297 e. The van der Waals surface area contributed by atoms with Gasteiger partial charge in [-0.1, -0.05) is 0 Å². The Bertz CT molecular complexity index is 110. The van der Waals surface area contributed by atoms with Crippen LogP contribution in [0.4, 0.5) is 0 Å². The Kier molecular flexibility index (Phi) is 1.50. The van der Waals surface area contributed by atoms with Crippen molar-refractivity contribution in [3.63, 3.8) is 0 Å². The van der Waals surface area contributed by atoms with Gasteiger partial charge in [-0.2, -0.15) is 5.26 Å². The van der Waals surface area contributed by atoms with E-state index in [1.165, 1.54) is 13.1 Å². The molecule has 0 aromatic heterocycles. The van der Waals surface area contributed by atoms with Gasteiger partial charge in [-0.15, -0.1) is 0 Å². The molecule has 0 radical (unpaired) electrons. The standard InChI is InChI=1S/C6H10N2/c1-6(2-3-7)8-4-5-8/h6H,2,4-5H2,1H3/t6-/m0/s1. The largest absolute Gasteiger partial charge is 0.297 e. The summed E-state index contributed by atoms with van der Waals surface area (Å²) in [4.78, 5) is 2.28. The highest BCUT2D eigenvalue weighted by molar-refractivity contribution is 4.85. The lowest BCUT2D eigenvalue weighted by Gasteiger charge is -2.04. The first kappa shape index (κ1) is 5.58. The van der Waals surface area contributed by atoms with Crippen LogP contribution in [0.5, 0.6) is 0 Å². The molecule has 0 aromatic rings. The van der Waals surface area contributed by atoms with E-state index in [0.29, 0.717) is 12.5 Å². The lowest BCUT2D eigenvalue weighted by Crippen LogP contribution is -2.12. The van der Waals surface area contributed by atoms with Crippen LogP contribution in [0.2, 0.25) is 0 Å². The van der Waals surface area contributed by atoms with Crippen LogP contribution >= 0.6 is 0 Å². The summed E-state index contributed by atoms with van der Waals surface area (Å²) < 4.78 is 0. The van der Waals surface area contributed by atoms with Gasteiger partial charge in [0.2, 0.25) is 0 Å². The fourth-order valence-electron chi connectivity index (χ4n) is 0.760. The smallest absolute Gasteiger partial charge is 0.0638 e. The lowest BCUT2D eigenvalue weighted by molar-refractivity contribution is 0.434. The van der Waals surface area contributed by atoms with Crippen LogP contribution in [0.25, 0.3) is 0 Å². The van der Waals surface area contributed by atoms with Crippen molar-refractivity contribution in [2.24, 2.45) is 0 Å². The summed E-state index contributed by atoms with van der Waals surface area (Å²) in [5, 5.41) is 8.24. The molecule has 44 valence electrons. The summed E-state index contributed by atoms with van der Waals surface area (Å²) in [6.07, 6.45) is 0.681. The molecule has 1 fully saturated rings. The van der Waals surface area contributed by atoms with Crippen molar-refractivity contribution in [1.82, 2.24) is 4.90 Å². The van der Waals surface area contributed by atoms with E-state index >= 15 is 0 Å². The predicted molar refractivity (Wildman–Crippen MR) is 31.3 cm³/mol. The molecule has 1 aliphatic rings. The zero-order valence-corrected chi connectivity index (χ0v) is 5.09. The minimum absolute atomic E-state index is 0.500. The van der Waals surface area contributed by atoms with Crippen molar-refractivity contribution in [2.75, 3.05) is 13.1 Å². The van der Waals surface area contributed by atoms with Crippen LogP contribution in [0.15, 0.2) is 0 Å². The average molecular weight is 110 g/mol. The number of hydrogen-bond acceptors (Lipinski definition) is 2. The van der Waals surface area contributed by atoms with Gasteiger partial charge in [-0.05, 0) is 6.92 Å². The maximum atomic E-state index is 8.24. The molecule has 1 rings (SSSR count). The maximum Gasteiger partial charge on any atom is 0.0638 e. The molecule has 0 aromatic carbocycles. The number of nitrogens with zero attached hydrogens (tertiary/aromatic N) is 2. The topological polar surface area (TPSA) is 26.8 Å². The average Bonchev–Trinajstić information content (AvgIpc) is 2.45. The monoisotopic (exact) mass is 110 g/mol. The van der Waals surface area contributed by atoms with E-state index in [-0.39, 0.29) is 0 Å². The predicted octanol–water partition coefficient (Wildman–Crippen LogP) is 0.604. The summed E-state index contributed by atoms with van der Waals surface area (Å²) in [5.41, 5.74) is 0. The van der Waals surface area contributed by atoms with Gasteiger partial charge in [0.15, 0.2) is 0 Å². The number of rotatable bonds is 2. The second-order valence-corrected chi connectivity index (χ2v) is 2.25. The molecule has 0 unspecified atom stereocenters. The van der Waals surface area contributed by atoms with E-state index in [1.54, 1.807) is 0 Å². The quantitative estimate of drug-likeness (QED) is 0.487. The molecule has 8 heavy (non-hydrogen) atoms. The van der Waals surface area contributed by atoms with Crippen molar-refractivity contribution in [2.45, 2.75) is 19.4 Å². The van der Waals surface area contributed by atoms with Gasteiger partial charge in [0.25, 0.3) is 0 Å². The summed E-state index contributed by atoms with van der Waals surface area (Å²) in [5.74, 6) is 0.